The number of ether oxygens (including phenoxy) is 2. The summed E-state index contributed by atoms with van der Waals surface area (Å²) in [4.78, 5) is 38.2. The van der Waals surface area contributed by atoms with Crippen molar-refractivity contribution in [3.05, 3.63) is 65.2 Å². The fraction of sp³-hybridized carbons (Fsp3) is 0.150. The number of nitrogens with one attached hydrogen (secondary N) is 1. The van der Waals surface area contributed by atoms with Crippen LogP contribution < -0.4 is 14.8 Å². The number of hydrogen-bond donors (Lipinski definition) is 1. The number of amides is 4. The Labute approximate surface area is 156 Å². The number of rotatable bonds is 5. The molecule has 0 saturated carbocycles. The van der Waals surface area contributed by atoms with Crippen LogP contribution in [0.15, 0.2) is 54.1 Å². The Kier molecular flexibility index (Phi) is 5.21. The van der Waals surface area contributed by atoms with E-state index in [-0.39, 0.29) is 12.1 Å². The predicted octanol–water partition coefficient (Wildman–Crippen LogP) is 2.37. The number of carbonyl (C=O) groups is 3. The SMILES string of the molecule is COc1ccc(OC)c(C=C2C(=O)NC(=O)N(Cc3ccccc3)C2=O)c1. The molecular formula is C20H18N2O5. The molecule has 1 aliphatic rings. The third-order valence-electron chi connectivity index (χ3n) is 4.11. The molecule has 0 bridgehead atoms. The highest BCUT2D eigenvalue weighted by atomic mass is 16.5. The molecule has 1 aliphatic heterocycles. The topological polar surface area (TPSA) is 84.9 Å². The average molecular weight is 366 g/mol. The summed E-state index contributed by atoms with van der Waals surface area (Å²) in [6, 6.07) is 13.3. The molecule has 0 radical (unpaired) electrons. The van der Waals surface area contributed by atoms with Crippen molar-refractivity contribution < 1.29 is 23.9 Å². The van der Waals surface area contributed by atoms with Crippen molar-refractivity contribution in [2.75, 3.05) is 14.2 Å². The fourth-order valence-electron chi connectivity index (χ4n) is 2.71. The van der Waals surface area contributed by atoms with Crippen molar-refractivity contribution in [3.63, 3.8) is 0 Å². The van der Waals surface area contributed by atoms with E-state index in [0.29, 0.717) is 17.1 Å². The van der Waals surface area contributed by atoms with Crippen LogP contribution in [-0.2, 0) is 16.1 Å². The minimum absolute atomic E-state index is 0.0609. The summed E-state index contributed by atoms with van der Waals surface area (Å²) in [5.74, 6) is -0.407. The smallest absolute Gasteiger partial charge is 0.331 e. The lowest BCUT2D eigenvalue weighted by molar-refractivity contribution is -0.130. The number of imide groups is 2. The summed E-state index contributed by atoms with van der Waals surface area (Å²) in [6.45, 7) is 0.0609. The summed E-state index contributed by atoms with van der Waals surface area (Å²) in [5.41, 5.74) is 1.11. The molecule has 0 aliphatic carbocycles. The molecule has 1 fully saturated rings. The summed E-state index contributed by atoms with van der Waals surface area (Å²) in [6.07, 6.45) is 1.39. The second kappa shape index (κ2) is 7.74. The Bertz CT molecular complexity index is 921. The van der Waals surface area contributed by atoms with Crippen LogP contribution >= 0.6 is 0 Å². The fourth-order valence-corrected chi connectivity index (χ4v) is 2.71. The molecule has 1 saturated heterocycles. The van der Waals surface area contributed by atoms with Crippen molar-refractivity contribution in [1.29, 1.82) is 0 Å². The van der Waals surface area contributed by atoms with Gasteiger partial charge in [-0.25, -0.2) is 4.79 Å². The molecular weight excluding hydrogens is 348 g/mol. The van der Waals surface area contributed by atoms with Gasteiger partial charge in [0, 0.05) is 5.56 Å². The van der Waals surface area contributed by atoms with Gasteiger partial charge in [-0.1, -0.05) is 30.3 Å². The molecule has 7 heteroatoms. The van der Waals surface area contributed by atoms with Crippen molar-refractivity contribution in [2.24, 2.45) is 0 Å². The third-order valence-corrected chi connectivity index (χ3v) is 4.11. The van der Waals surface area contributed by atoms with Gasteiger partial charge in [0.1, 0.15) is 17.1 Å². The molecule has 0 unspecified atom stereocenters. The van der Waals surface area contributed by atoms with Crippen LogP contribution in [0.2, 0.25) is 0 Å². The van der Waals surface area contributed by atoms with E-state index in [4.69, 9.17) is 9.47 Å². The normalized spacial score (nSPS) is 15.7. The van der Waals surface area contributed by atoms with Crippen LogP contribution in [0.4, 0.5) is 4.79 Å². The minimum Gasteiger partial charge on any atom is -0.497 e. The Morgan fingerprint density at radius 2 is 1.74 bits per heavy atom. The quantitative estimate of drug-likeness (QED) is 0.649. The van der Waals surface area contributed by atoms with E-state index in [9.17, 15) is 14.4 Å². The highest BCUT2D eigenvalue weighted by molar-refractivity contribution is 6.31. The number of urea groups is 1. The van der Waals surface area contributed by atoms with Gasteiger partial charge in [0.15, 0.2) is 0 Å². The minimum atomic E-state index is -0.751. The second-order valence-electron chi connectivity index (χ2n) is 5.80. The first-order valence-electron chi connectivity index (χ1n) is 8.18. The van der Waals surface area contributed by atoms with Gasteiger partial charge in [-0.3, -0.25) is 19.8 Å². The first-order valence-corrected chi connectivity index (χ1v) is 8.18. The molecule has 0 spiro atoms. The summed E-state index contributed by atoms with van der Waals surface area (Å²) in [5, 5.41) is 2.20. The molecule has 2 aromatic carbocycles. The van der Waals surface area contributed by atoms with Gasteiger partial charge in [0.25, 0.3) is 11.8 Å². The van der Waals surface area contributed by atoms with Crippen LogP contribution in [0.5, 0.6) is 11.5 Å². The molecule has 0 aromatic heterocycles. The van der Waals surface area contributed by atoms with Crippen LogP contribution in [-0.4, -0.2) is 37.0 Å². The maximum Gasteiger partial charge on any atom is 0.331 e. The first kappa shape index (κ1) is 18.2. The second-order valence-corrected chi connectivity index (χ2v) is 5.80. The van der Waals surface area contributed by atoms with E-state index in [0.717, 1.165) is 10.5 Å². The number of barbiturate groups is 1. The van der Waals surface area contributed by atoms with Gasteiger partial charge in [0.05, 0.1) is 20.8 Å². The lowest BCUT2D eigenvalue weighted by Crippen LogP contribution is -2.53. The number of methoxy groups -OCH3 is 2. The van der Waals surface area contributed by atoms with Crippen molar-refractivity contribution in [2.45, 2.75) is 6.54 Å². The van der Waals surface area contributed by atoms with Gasteiger partial charge in [-0.15, -0.1) is 0 Å². The van der Waals surface area contributed by atoms with E-state index in [1.54, 1.807) is 30.3 Å². The molecule has 7 nitrogen and oxygen atoms in total. The van der Waals surface area contributed by atoms with Gasteiger partial charge in [-0.05, 0) is 29.8 Å². The van der Waals surface area contributed by atoms with Crippen LogP contribution in [0.1, 0.15) is 11.1 Å². The van der Waals surface area contributed by atoms with Gasteiger partial charge >= 0.3 is 6.03 Å². The maximum atomic E-state index is 12.8. The van der Waals surface area contributed by atoms with E-state index in [1.807, 2.05) is 18.2 Å². The van der Waals surface area contributed by atoms with Crippen LogP contribution in [0.3, 0.4) is 0 Å². The predicted molar refractivity (Wildman–Crippen MR) is 98.1 cm³/mol. The molecule has 1 heterocycles. The van der Waals surface area contributed by atoms with Crippen molar-refractivity contribution in [3.8, 4) is 11.5 Å². The van der Waals surface area contributed by atoms with Gasteiger partial charge < -0.3 is 9.47 Å². The summed E-state index contributed by atoms with van der Waals surface area (Å²) in [7, 11) is 3.00. The largest absolute Gasteiger partial charge is 0.497 e. The highest BCUT2D eigenvalue weighted by Gasteiger charge is 2.35. The Morgan fingerprint density at radius 1 is 1.00 bits per heavy atom. The van der Waals surface area contributed by atoms with E-state index in [1.165, 1.54) is 20.3 Å². The molecule has 0 atom stereocenters. The standard InChI is InChI=1S/C20H18N2O5/c1-26-15-8-9-17(27-2)14(10-15)11-16-18(23)21-20(25)22(19(16)24)12-13-6-4-3-5-7-13/h3-11H,12H2,1-2H3,(H,21,23,25). The van der Waals surface area contributed by atoms with Crippen LogP contribution in [0.25, 0.3) is 6.08 Å². The highest BCUT2D eigenvalue weighted by Crippen LogP contribution is 2.27. The van der Waals surface area contributed by atoms with Gasteiger partial charge in [0.2, 0.25) is 0 Å². The first-order chi connectivity index (χ1) is 13.0. The van der Waals surface area contributed by atoms with Gasteiger partial charge in [-0.2, -0.15) is 0 Å². The van der Waals surface area contributed by atoms with Crippen molar-refractivity contribution in [1.82, 2.24) is 10.2 Å². The maximum absolute atomic E-state index is 12.8. The third kappa shape index (κ3) is 3.82. The van der Waals surface area contributed by atoms with E-state index < -0.39 is 17.8 Å². The zero-order chi connectivity index (χ0) is 19.4. The molecule has 4 amide bonds. The molecule has 2 aromatic rings. The zero-order valence-corrected chi connectivity index (χ0v) is 14.9. The zero-order valence-electron chi connectivity index (χ0n) is 14.9. The monoisotopic (exact) mass is 366 g/mol. The average Bonchev–Trinajstić information content (AvgIpc) is 2.69. The Hall–Kier alpha value is -3.61. The molecule has 138 valence electrons. The van der Waals surface area contributed by atoms with E-state index >= 15 is 0 Å². The Balaban J connectivity index is 1.97. The summed E-state index contributed by atoms with van der Waals surface area (Å²) < 4.78 is 10.5. The Morgan fingerprint density at radius 3 is 2.41 bits per heavy atom. The number of benzene rings is 2. The number of nitrogens with zero attached hydrogens (tertiary/aromatic N) is 1. The number of hydrogen-bond acceptors (Lipinski definition) is 5. The van der Waals surface area contributed by atoms with Crippen molar-refractivity contribution >= 4 is 23.9 Å². The lowest BCUT2D eigenvalue weighted by Gasteiger charge is -2.26. The molecule has 27 heavy (non-hydrogen) atoms. The van der Waals surface area contributed by atoms with Crippen LogP contribution in [0, 0.1) is 0 Å². The molecule has 3 rings (SSSR count). The lowest BCUT2D eigenvalue weighted by atomic mass is 10.1. The number of carbonyl (C=O) groups excluding carboxylic acids is 3. The summed E-state index contributed by atoms with van der Waals surface area (Å²) >= 11 is 0. The molecule has 1 N–H and O–H groups in total. The van der Waals surface area contributed by atoms with E-state index in [2.05, 4.69) is 5.32 Å².